The monoisotopic (exact) mass is 191 g/mol. The maximum Gasteiger partial charge on any atom is 0.123 e. The van der Waals surface area contributed by atoms with Crippen LogP contribution in [-0.2, 0) is 0 Å². The molecule has 0 aliphatic carbocycles. The molecule has 1 aromatic heterocycles. The molecule has 2 heteroatoms. The van der Waals surface area contributed by atoms with Crippen LogP contribution < -0.4 is 0 Å². The molecule has 1 nitrogen and oxygen atoms in total. The highest BCUT2D eigenvalue weighted by Crippen LogP contribution is 2.13. The molecule has 2 rings (SSSR count). The summed E-state index contributed by atoms with van der Waals surface area (Å²) in [7, 11) is 0. The zero-order valence-electron chi connectivity index (χ0n) is 8.71. The lowest BCUT2D eigenvalue weighted by atomic mass is 10.2. The number of hydrogen-bond donors (Lipinski definition) is 0. The van der Waals surface area contributed by atoms with Crippen LogP contribution >= 0.6 is 0 Å². The summed E-state index contributed by atoms with van der Waals surface area (Å²) in [5.74, 6) is -0.213. The fourth-order valence-electron chi connectivity index (χ4n) is 1.21. The van der Waals surface area contributed by atoms with Gasteiger partial charge in [0.1, 0.15) is 5.82 Å². The van der Waals surface area contributed by atoms with Crippen molar-refractivity contribution in [3.8, 4) is 0 Å². The van der Waals surface area contributed by atoms with E-state index in [1.807, 2.05) is 26.8 Å². The van der Waals surface area contributed by atoms with E-state index in [0.29, 0.717) is 0 Å². The van der Waals surface area contributed by atoms with Gasteiger partial charge in [-0.15, -0.1) is 0 Å². The Morgan fingerprint density at radius 2 is 1.86 bits per heavy atom. The number of hydrogen-bond acceptors (Lipinski definition) is 1. The topological polar surface area (TPSA) is 12.9 Å². The highest BCUT2D eigenvalue weighted by atomic mass is 19.1. The zero-order valence-corrected chi connectivity index (χ0v) is 8.71. The normalized spacial score (nSPS) is 9.43. The minimum Gasteiger partial charge on any atom is -0.256 e. The molecule has 0 aliphatic heterocycles. The minimum atomic E-state index is -0.213. The van der Waals surface area contributed by atoms with Crippen LogP contribution in [0.1, 0.15) is 19.4 Å². The lowest BCUT2D eigenvalue weighted by molar-refractivity contribution is 0.629. The first-order valence-electron chi connectivity index (χ1n) is 4.77. The molecule has 0 spiro atoms. The Balaban J connectivity index is 0.000000461. The van der Waals surface area contributed by atoms with Gasteiger partial charge in [0.15, 0.2) is 0 Å². The molecule has 1 aromatic carbocycles. The van der Waals surface area contributed by atoms with Crippen LogP contribution in [0.3, 0.4) is 0 Å². The molecule has 0 bridgehead atoms. The highest BCUT2D eigenvalue weighted by Gasteiger charge is 1.95. The van der Waals surface area contributed by atoms with Gasteiger partial charge in [0, 0.05) is 11.6 Å². The van der Waals surface area contributed by atoms with Gasteiger partial charge in [0.2, 0.25) is 0 Å². The average molecular weight is 191 g/mol. The Bertz CT molecular complexity index is 387. The van der Waals surface area contributed by atoms with Gasteiger partial charge in [-0.1, -0.05) is 13.8 Å². The summed E-state index contributed by atoms with van der Waals surface area (Å²) < 4.78 is 12.7. The van der Waals surface area contributed by atoms with Crippen LogP contribution in [0, 0.1) is 12.7 Å². The smallest absolute Gasteiger partial charge is 0.123 e. The number of fused-ring (bicyclic) bond motifs is 1. The molecule has 0 saturated carbocycles. The van der Waals surface area contributed by atoms with E-state index in [-0.39, 0.29) is 5.82 Å². The van der Waals surface area contributed by atoms with Crippen LogP contribution in [0.4, 0.5) is 4.39 Å². The standard InChI is InChI=1S/C10H8FN.C2H6/c1-7-4-8-5-9(11)2-3-10(8)12-6-7;1-2/h2-6H,1H3;1-2H3. The summed E-state index contributed by atoms with van der Waals surface area (Å²) in [6.07, 6.45) is 1.78. The molecule has 2 aromatic rings. The first-order valence-corrected chi connectivity index (χ1v) is 4.77. The van der Waals surface area contributed by atoms with Gasteiger partial charge >= 0.3 is 0 Å². The maximum atomic E-state index is 12.7. The Hall–Kier alpha value is -1.44. The highest BCUT2D eigenvalue weighted by molar-refractivity contribution is 5.78. The molecule has 0 aliphatic rings. The van der Waals surface area contributed by atoms with E-state index in [9.17, 15) is 4.39 Å². The summed E-state index contributed by atoms with van der Waals surface area (Å²) in [6, 6.07) is 6.52. The number of aromatic nitrogens is 1. The molecular weight excluding hydrogens is 177 g/mol. The molecular formula is C12H14FN. The lowest BCUT2D eigenvalue weighted by Gasteiger charge is -1.97. The van der Waals surface area contributed by atoms with Gasteiger partial charge in [-0.05, 0) is 36.8 Å². The molecule has 1 heterocycles. The van der Waals surface area contributed by atoms with Gasteiger partial charge < -0.3 is 0 Å². The molecule has 0 atom stereocenters. The predicted octanol–water partition coefficient (Wildman–Crippen LogP) is 3.71. The lowest BCUT2D eigenvalue weighted by Crippen LogP contribution is -1.81. The third-order valence-corrected chi connectivity index (χ3v) is 1.78. The molecule has 0 radical (unpaired) electrons. The third-order valence-electron chi connectivity index (χ3n) is 1.78. The van der Waals surface area contributed by atoms with Gasteiger partial charge in [-0.25, -0.2) is 4.39 Å². The summed E-state index contributed by atoms with van der Waals surface area (Å²) in [5.41, 5.74) is 1.88. The van der Waals surface area contributed by atoms with E-state index >= 15 is 0 Å². The number of halogens is 1. The van der Waals surface area contributed by atoms with Crippen molar-refractivity contribution in [1.82, 2.24) is 4.98 Å². The first-order chi connectivity index (χ1) is 6.75. The fourth-order valence-corrected chi connectivity index (χ4v) is 1.21. The van der Waals surface area contributed by atoms with Crippen molar-refractivity contribution in [2.45, 2.75) is 20.8 Å². The SMILES string of the molecule is CC.Cc1cnc2ccc(F)cc2c1. The van der Waals surface area contributed by atoms with Crippen molar-refractivity contribution in [1.29, 1.82) is 0 Å². The maximum absolute atomic E-state index is 12.7. The Morgan fingerprint density at radius 1 is 1.14 bits per heavy atom. The van der Waals surface area contributed by atoms with E-state index in [1.165, 1.54) is 12.1 Å². The van der Waals surface area contributed by atoms with Gasteiger partial charge in [0.05, 0.1) is 5.52 Å². The van der Waals surface area contributed by atoms with Crippen molar-refractivity contribution in [3.05, 3.63) is 41.8 Å². The molecule has 74 valence electrons. The van der Waals surface area contributed by atoms with Gasteiger partial charge in [-0.3, -0.25) is 4.98 Å². The second-order valence-corrected chi connectivity index (χ2v) is 2.85. The summed E-state index contributed by atoms with van der Waals surface area (Å²) in [5, 5.41) is 0.856. The van der Waals surface area contributed by atoms with Crippen molar-refractivity contribution < 1.29 is 4.39 Å². The molecule has 0 amide bonds. The van der Waals surface area contributed by atoms with Crippen molar-refractivity contribution >= 4 is 10.9 Å². The van der Waals surface area contributed by atoms with E-state index in [2.05, 4.69) is 4.98 Å². The van der Waals surface area contributed by atoms with Crippen molar-refractivity contribution in [2.24, 2.45) is 0 Å². The third kappa shape index (κ3) is 2.28. The number of pyridine rings is 1. The average Bonchev–Trinajstić information content (AvgIpc) is 2.20. The van der Waals surface area contributed by atoms with Gasteiger partial charge in [0.25, 0.3) is 0 Å². The molecule has 0 saturated heterocycles. The first kappa shape index (κ1) is 10.6. The summed E-state index contributed by atoms with van der Waals surface area (Å²) in [6.45, 7) is 5.94. The molecule has 0 unspecified atom stereocenters. The van der Waals surface area contributed by atoms with Crippen LogP contribution in [-0.4, -0.2) is 4.98 Å². The van der Waals surface area contributed by atoms with E-state index in [0.717, 1.165) is 16.5 Å². The summed E-state index contributed by atoms with van der Waals surface area (Å²) in [4.78, 5) is 4.16. The van der Waals surface area contributed by atoms with Crippen molar-refractivity contribution in [3.63, 3.8) is 0 Å². The van der Waals surface area contributed by atoms with Crippen LogP contribution in [0.15, 0.2) is 30.5 Å². The molecule has 0 N–H and O–H groups in total. The van der Waals surface area contributed by atoms with E-state index < -0.39 is 0 Å². The summed E-state index contributed by atoms with van der Waals surface area (Å²) >= 11 is 0. The zero-order chi connectivity index (χ0) is 10.6. The number of benzene rings is 1. The second-order valence-electron chi connectivity index (χ2n) is 2.85. The fraction of sp³-hybridized carbons (Fsp3) is 0.250. The van der Waals surface area contributed by atoms with E-state index in [4.69, 9.17) is 0 Å². The van der Waals surface area contributed by atoms with Crippen LogP contribution in [0.25, 0.3) is 10.9 Å². The van der Waals surface area contributed by atoms with E-state index in [1.54, 1.807) is 12.3 Å². The van der Waals surface area contributed by atoms with Crippen LogP contribution in [0.2, 0.25) is 0 Å². The van der Waals surface area contributed by atoms with Crippen LogP contribution in [0.5, 0.6) is 0 Å². The largest absolute Gasteiger partial charge is 0.256 e. The second kappa shape index (κ2) is 4.70. The minimum absolute atomic E-state index is 0.213. The predicted molar refractivity (Wildman–Crippen MR) is 57.8 cm³/mol. The van der Waals surface area contributed by atoms with Gasteiger partial charge in [-0.2, -0.15) is 0 Å². The Morgan fingerprint density at radius 3 is 2.57 bits per heavy atom. The van der Waals surface area contributed by atoms with Crippen molar-refractivity contribution in [2.75, 3.05) is 0 Å². The molecule has 14 heavy (non-hydrogen) atoms. The Labute approximate surface area is 83.6 Å². The quantitative estimate of drug-likeness (QED) is 0.618. The number of nitrogens with zero attached hydrogens (tertiary/aromatic N) is 1. The number of rotatable bonds is 0. The molecule has 0 fully saturated rings. The Kier molecular flexibility index (Phi) is 3.57. The number of aryl methyl sites for hydroxylation is 1.